The Morgan fingerprint density at radius 2 is 2.04 bits per heavy atom. The minimum absolute atomic E-state index is 0.152. The van der Waals surface area contributed by atoms with Gasteiger partial charge in [-0.1, -0.05) is 6.07 Å². The van der Waals surface area contributed by atoms with E-state index in [1.165, 1.54) is 12.8 Å². The molecule has 0 unspecified atom stereocenters. The Bertz CT molecular complexity index is 803. The molecule has 1 fully saturated rings. The van der Waals surface area contributed by atoms with E-state index in [2.05, 4.69) is 25.6 Å². The van der Waals surface area contributed by atoms with Crippen LogP contribution in [0.3, 0.4) is 0 Å². The number of halogens is 3. The van der Waals surface area contributed by atoms with Crippen molar-refractivity contribution < 1.29 is 17.9 Å². The molecular formula is C18H22F3N5OS. The Kier molecular flexibility index (Phi) is 6.71. The quantitative estimate of drug-likeness (QED) is 0.558. The van der Waals surface area contributed by atoms with Gasteiger partial charge in [0.1, 0.15) is 11.1 Å². The number of hydrogen-bond donors (Lipinski definition) is 2. The molecule has 0 saturated heterocycles. The van der Waals surface area contributed by atoms with E-state index in [-0.39, 0.29) is 12.6 Å². The highest BCUT2D eigenvalue weighted by Gasteiger charge is 2.33. The van der Waals surface area contributed by atoms with Gasteiger partial charge in [-0.2, -0.15) is 13.2 Å². The first-order valence-corrected chi connectivity index (χ1v) is 9.90. The minimum atomic E-state index is -4.43. The lowest BCUT2D eigenvalue weighted by Gasteiger charge is -2.16. The predicted molar refractivity (Wildman–Crippen MR) is 101 cm³/mol. The molecule has 6 nitrogen and oxygen atoms in total. The average molecular weight is 413 g/mol. The summed E-state index contributed by atoms with van der Waals surface area (Å²) >= 11 is 0.957. The topological polar surface area (TPSA) is 71.4 Å². The van der Waals surface area contributed by atoms with Gasteiger partial charge >= 0.3 is 6.18 Å². The third-order valence-electron chi connectivity index (χ3n) is 4.35. The number of rotatable bonds is 6. The van der Waals surface area contributed by atoms with Crippen LogP contribution in [-0.4, -0.2) is 29.1 Å². The average Bonchev–Trinajstić information content (AvgIpc) is 3.34. The number of pyridine rings is 1. The van der Waals surface area contributed by atoms with Crippen molar-refractivity contribution in [1.82, 2.24) is 20.6 Å². The Balaban J connectivity index is 1.53. The highest BCUT2D eigenvalue weighted by atomic mass is 32.1. The van der Waals surface area contributed by atoms with Gasteiger partial charge in [-0.15, -0.1) is 11.3 Å². The van der Waals surface area contributed by atoms with Gasteiger partial charge in [-0.25, -0.2) is 9.97 Å². The zero-order chi connectivity index (χ0) is 20.0. The molecule has 2 N–H and O–H groups in total. The summed E-state index contributed by atoms with van der Waals surface area (Å²) in [5.74, 6) is 1.06. The van der Waals surface area contributed by atoms with E-state index >= 15 is 0 Å². The SMILES string of the molecule is CN=C(NCc1nc(C(F)(F)F)cs1)NCc1cccnc1OC1CCCC1. The highest BCUT2D eigenvalue weighted by Crippen LogP contribution is 2.30. The number of nitrogens with one attached hydrogen (secondary N) is 2. The molecule has 0 bridgehead atoms. The van der Waals surface area contributed by atoms with Crippen LogP contribution in [0.15, 0.2) is 28.7 Å². The second kappa shape index (κ2) is 9.22. The molecule has 0 atom stereocenters. The van der Waals surface area contributed by atoms with Crippen LogP contribution in [0.1, 0.15) is 41.9 Å². The molecule has 0 spiro atoms. The van der Waals surface area contributed by atoms with Crippen molar-refractivity contribution in [3.63, 3.8) is 0 Å². The number of aliphatic imine (C=N–C) groups is 1. The summed E-state index contributed by atoms with van der Waals surface area (Å²) in [6.45, 7) is 0.583. The van der Waals surface area contributed by atoms with Crippen molar-refractivity contribution in [2.24, 2.45) is 4.99 Å². The number of aromatic nitrogens is 2. The van der Waals surface area contributed by atoms with Crippen LogP contribution in [0.4, 0.5) is 13.2 Å². The Morgan fingerprint density at radius 3 is 2.71 bits per heavy atom. The number of hydrogen-bond acceptors (Lipinski definition) is 5. The minimum Gasteiger partial charge on any atom is -0.474 e. The number of ether oxygens (including phenoxy) is 1. The van der Waals surface area contributed by atoms with E-state index in [0.29, 0.717) is 23.4 Å². The largest absolute Gasteiger partial charge is 0.474 e. The van der Waals surface area contributed by atoms with Gasteiger partial charge in [0, 0.05) is 30.7 Å². The van der Waals surface area contributed by atoms with E-state index in [0.717, 1.165) is 35.1 Å². The highest BCUT2D eigenvalue weighted by molar-refractivity contribution is 7.09. The molecule has 10 heteroatoms. The molecule has 0 amide bonds. The zero-order valence-electron chi connectivity index (χ0n) is 15.4. The number of thiazole rings is 1. The fourth-order valence-electron chi connectivity index (χ4n) is 2.91. The summed E-state index contributed by atoms with van der Waals surface area (Å²) in [5, 5.41) is 7.45. The first kappa shape index (κ1) is 20.4. The third-order valence-corrected chi connectivity index (χ3v) is 5.20. The summed E-state index contributed by atoms with van der Waals surface area (Å²) in [6.07, 6.45) is 1.91. The van der Waals surface area contributed by atoms with Crippen molar-refractivity contribution in [1.29, 1.82) is 0 Å². The summed E-state index contributed by atoms with van der Waals surface area (Å²) < 4.78 is 43.9. The third kappa shape index (κ3) is 5.57. The predicted octanol–water partition coefficient (Wildman–Crippen LogP) is 3.74. The first-order valence-electron chi connectivity index (χ1n) is 9.02. The Labute approximate surface area is 165 Å². The van der Waals surface area contributed by atoms with Crippen LogP contribution in [0.5, 0.6) is 5.88 Å². The van der Waals surface area contributed by atoms with Crippen LogP contribution in [-0.2, 0) is 19.3 Å². The van der Waals surface area contributed by atoms with Gasteiger partial charge in [0.2, 0.25) is 5.88 Å². The van der Waals surface area contributed by atoms with Gasteiger partial charge in [0.05, 0.1) is 6.54 Å². The van der Waals surface area contributed by atoms with Gasteiger partial charge < -0.3 is 15.4 Å². The molecule has 0 aromatic carbocycles. The van der Waals surface area contributed by atoms with Gasteiger partial charge in [-0.3, -0.25) is 4.99 Å². The lowest BCUT2D eigenvalue weighted by Crippen LogP contribution is -2.36. The normalized spacial score (nSPS) is 15.6. The molecule has 0 aliphatic heterocycles. The van der Waals surface area contributed by atoms with E-state index < -0.39 is 11.9 Å². The summed E-state index contributed by atoms with van der Waals surface area (Å²) in [6, 6.07) is 3.76. The fourth-order valence-corrected chi connectivity index (χ4v) is 3.65. The van der Waals surface area contributed by atoms with Crippen molar-refractivity contribution in [3.8, 4) is 5.88 Å². The standard InChI is InChI=1S/C18H22F3N5OS/c1-22-17(25-10-15-26-14(11-28-15)18(19,20)21)24-9-12-5-4-8-23-16(12)27-13-6-2-3-7-13/h4-5,8,11,13H,2-3,6-7,9-10H2,1H3,(H2,22,24,25). The lowest BCUT2D eigenvalue weighted by molar-refractivity contribution is -0.140. The van der Waals surface area contributed by atoms with Crippen molar-refractivity contribution in [2.75, 3.05) is 7.05 Å². The van der Waals surface area contributed by atoms with Crippen molar-refractivity contribution in [3.05, 3.63) is 40.0 Å². The second-order valence-electron chi connectivity index (χ2n) is 6.40. The molecule has 2 aromatic rings. The maximum atomic E-state index is 12.6. The molecule has 2 heterocycles. The van der Waals surface area contributed by atoms with Gasteiger partial charge in [-0.05, 0) is 31.7 Å². The number of alkyl halides is 3. The van der Waals surface area contributed by atoms with Crippen molar-refractivity contribution in [2.45, 2.75) is 51.1 Å². The molecule has 1 saturated carbocycles. The smallest absolute Gasteiger partial charge is 0.434 e. The van der Waals surface area contributed by atoms with E-state index in [4.69, 9.17) is 4.74 Å². The molecule has 1 aliphatic rings. The molecule has 1 aliphatic carbocycles. The van der Waals surface area contributed by atoms with Crippen molar-refractivity contribution >= 4 is 17.3 Å². The monoisotopic (exact) mass is 413 g/mol. The van der Waals surface area contributed by atoms with Crippen LogP contribution >= 0.6 is 11.3 Å². The molecule has 3 rings (SSSR count). The van der Waals surface area contributed by atoms with Gasteiger partial charge in [0.15, 0.2) is 11.7 Å². The maximum absolute atomic E-state index is 12.6. The number of guanidine groups is 1. The van der Waals surface area contributed by atoms with E-state index in [9.17, 15) is 13.2 Å². The first-order chi connectivity index (χ1) is 13.5. The Morgan fingerprint density at radius 1 is 1.29 bits per heavy atom. The summed E-state index contributed by atoms with van der Waals surface area (Å²) in [5.41, 5.74) is 0.0206. The van der Waals surface area contributed by atoms with Crippen LogP contribution in [0, 0.1) is 0 Å². The van der Waals surface area contributed by atoms with Crippen LogP contribution in [0.2, 0.25) is 0 Å². The van der Waals surface area contributed by atoms with Crippen LogP contribution < -0.4 is 15.4 Å². The number of nitrogens with zero attached hydrogens (tertiary/aromatic N) is 3. The molecule has 152 valence electrons. The zero-order valence-corrected chi connectivity index (χ0v) is 16.2. The summed E-state index contributed by atoms with van der Waals surface area (Å²) in [4.78, 5) is 12.0. The second-order valence-corrected chi connectivity index (χ2v) is 7.34. The van der Waals surface area contributed by atoms with E-state index in [1.807, 2.05) is 12.1 Å². The molecule has 0 radical (unpaired) electrons. The summed E-state index contributed by atoms with van der Waals surface area (Å²) in [7, 11) is 1.59. The Hall–Kier alpha value is -2.36. The molecule has 28 heavy (non-hydrogen) atoms. The molecular weight excluding hydrogens is 391 g/mol. The fraction of sp³-hybridized carbons (Fsp3) is 0.500. The maximum Gasteiger partial charge on any atom is 0.434 e. The van der Waals surface area contributed by atoms with Gasteiger partial charge in [0.25, 0.3) is 0 Å². The van der Waals surface area contributed by atoms with Crippen LogP contribution in [0.25, 0.3) is 0 Å². The molecule has 2 aromatic heterocycles. The lowest BCUT2D eigenvalue weighted by atomic mass is 10.2. The van der Waals surface area contributed by atoms with E-state index in [1.54, 1.807) is 13.2 Å².